The minimum absolute atomic E-state index is 0.0363. The van der Waals surface area contributed by atoms with Gasteiger partial charge in [-0.25, -0.2) is 28.6 Å². The number of carboxylic acids is 1. The number of hydrogen-bond acceptors (Lipinski definition) is 18. The van der Waals surface area contributed by atoms with Gasteiger partial charge in [-0.15, -0.1) is 0 Å². The molecular weight excluding hydrogens is 859 g/mol. The Balaban J connectivity index is 0.000000781. The minimum atomic E-state index is -5.54. The summed E-state index contributed by atoms with van der Waals surface area (Å²) in [6, 6.07) is 0. The zero-order valence-corrected chi connectivity index (χ0v) is 34.4. The second kappa shape index (κ2) is 21.4. The van der Waals surface area contributed by atoms with E-state index in [-0.39, 0.29) is 48.2 Å². The van der Waals surface area contributed by atoms with Crippen LogP contribution < -0.4 is 16.4 Å². The maximum absolute atomic E-state index is 12.6. The number of thiol groups is 1. The molecule has 8 atom stereocenters. The number of amides is 2. The van der Waals surface area contributed by atoms with Crippen LogP contribution in [-0.2, 0) is 50.7 Å². The Morgan fingerprint density at radius 3 is 2.38 bits per heavy atom. The standard InChI is InChI=1S/C21H36N7O16P3S.C8H10O2/c1-21(2,16(31)19(32)24-4-3-12(29)23-5-6-48)8-41-47(38,39)44-46(36,37)40-7-11-15(43-45(33,34)35)14(30)20(42-11)28-10-27-13-17(22)25-9-26-18(13)28;9-8(10)6-7-4-2-1-3-5-7/h9-11,14-16,20,30-31,48H,3-8H2,1-2H3,(H,23,29)(H,24,32)(H,36,37)(H,38,39)(H2,22,25,26)(H2,33,34,35);1-4,7H,5-6H2,(H,9,10)/t11-,14-,15-,16+,20-;/m1./s1. The summed E-state index contributed by atoms with van der Waals surface area (Å²) < 4.78 is 61.7. The largest absolute Gasteiger partial charge is 0.481 e. The van der Waals surface area contributed by atoms with Crippen molar-refractivity contribution in [3.63, 3.8) is 0 Å². The van der Waals surface area contributed by atoms with Gasteiger partial charge in [-0.2, -0.15) is 16.9 Å². The molecule has 1 saturated heterocycles. The predicted octanol–water partition coefficient (Wildman–Crippen LogP) is -0.0719. The van der Waals surface area contributed by atoms with Crippen LogP contribution in [0.1, 0.15) is 39.3 Å². The summed E-state index contributed by atoms with van der Waals surface area (Å²) in [5.74, 6) is -1.45. The lowest BCUT2D eigenvalue weighted by molar-refractivity contribution is -0.138. The fraction of sp³-hybridized carbons (Fsp3) is 0.586. The van der Waals surface area contributed by atoms with E-state index < -0.39 is 84.6 Å². The van der Waals surface area contributed by atoms with Crippen LogP contribution in [0.5, 0.6) is 0 Å². The second-order valence-electron chi connectivity index (χ2n) is 13.2. The molecule has 3 unspecified atom stereocenters. The van der Waals surface area contributed by atoms with Crippen LogP contribution in [-0.4, -0.2) is 129 Å². The van der Waals surface area contributed by atoms with Gasteiger partial charge in [0.25, 0.3) is 0 Å². The minimum Gasteiger partial charge on any atom is -0.481 e. The van der Waals surface area contributed by atoms with E-state index >= 15 is 0 Å². The molecule has 4 rings (SSSR count). The molecule has 1 aliphatic heterocycles. The number of nitrogens with one attached hydrogen (secondary N) is 2. The van der Waals surface area contributed by atoms with Crippen LogP contribution in [0, 0.1) is 11.3 Å². The van der Waals surface area contributed by atoms with Gasteiger partial charge in [-0.1, -0.05) is 38.2 Å². The number of phosphoric acid groups is 3. The molecular formula is C29H46N7O18P3S. The van der Waals surface area contributed by atoms with Gasteiger partial charge in [0.15, 0.2) is 17.7 Å². The van der Waals surface area contributed by atoms with Crippen molar-refractivity contribution >= 4 is 70.9 Å². The molecule has 0 aromatic carbocycles. The lowest BCUT2D eigenvalue weighted by Crippen LogP contribution is -2.46. The Labute approximate surface area is 335 Å². The lowest BCUT2D eigenvalue weighted by atomic mass is 9.87. The molecule has 2 aliphatic rings. The molecule has 25 nitrogen and oxygen atoms in total. The van der Waals surface area contributed by atoms with E-state index in [4.69, 9.17) is 24.6 Å². The molecule has 0 saturated carbocycles. The first-order valence-corrected chi connectivity index (χ1v) is 22.2. The van der Waals surface area contributed by atoms with Gasteiger partial charge in [0.2, 0.25) is 11.8 Å². The third-order valence-electron chi connectivity index (χ3n) is 8.02. The number of imidazole rings is 1. The number of aromatic nitrogens is 4. The highest BCUT2D eigenvalue weighted by Crippen LogP contribution is 2.61. The van der Waals surface area contributed by atoms with E-state index in [1.807, 2.05) is 24.3 Å². The molecule has 0 spiro atoms. The highest BCUT2D eigenvalue weighted by molar-refractivity contribution is 7.80. The third-order valence-corrected chi connectivity index (χ3v) is 11.3. The number of aliphatic hydroxyl groups excluding tert-OH is 2. The van der Waals surface area contributed by atoms with Gasteiger partial charge in [-0.05, 0) is 12.3 Å². The van der Waals surface area contributed by atoms with Gasteiger partial charge < -0.3 is 56.0 Å². The van der Waals surface area contributed by atoms with Crippen LogP contribution in [0.25, 0.3) is 11.2 Å². The van der Waals surface area contributed by atoms with Crippen molar-refractivity contribution in [1.82, 2.24) is 30.2 Å². The number of nitrogen functional groups attached to an aromatic ring is 1. The number of allylic oxidation sites excluding steroid dienone is 4. The number of nitrogens with two attached hydrogens (primary N) is 1. The van der Waals surface area contributed by atoms with Crippen molar-refractivity contribution in [1.29, 1.82) is 0 Å². The summed E-state index contributed by atoms with van der Waals surface area (Å²) in [5.41, 5.74) is 4.30. The first-order chi connectivity index (χ1) is 26.9. The van der Waals surface area contributed by atoms with Crippen molar-refractivity contribution in [2.24, 2.45) is 11.3 Å². The number of hydrogen-bond donors (Lipinski definition) is 11. The zero-order chi connectivity index (χ0) is 43.5. The number of phosphoric ester groups is 3. The molecule has 0 radical (unpaired) electrons. The van der Waals surface area contributed by atoms with E-state index in [1.54, 1.807) is 0 Å². The fourth-order valence-corrected chi connectivity index (χ4v) is 8.08. The molecule has 29 heteroatoms. The van der Waals surface area contributed by atoms with Crippen LogP contribution >= 0.6 is 36.1 Å². The Kier molecular flexibility index (Phi) is 18.1. The van der Waals surface area contributed by atoms with Gasteiger partial charge in [0.05, 0.1) is 26.0 Å². The van der Waals surface area contributed by atoms with Gasteiger partial charge in [-0.3, -0.25) is 32.5 Å². The fourth-order valence-electron chi connectivity index (χ4n) is 5.14. The quantitative estimate of drug-likeness (QED) is 0.0612. The van der Waals surface area contributed by atoms with Crippen molar-refractivity contribution in [2.45, 2.75) is 63.8 Å². The van der Waals surface area contributed by atoms with Gasteiger partial charge in [0, 0.05) is 30.7 Å². The molecule has 0 bridgehead atoms. The van der Waals surface area contributed by atoms with Crippen molar-refractivity contribution in [2.75, 3.05) is 37.8 Å². The maximum atomic E-state index is 12.6. The number of ether oxygens (including phenoxy) is 1. The van der Waals surface area contributed by atoms with E-state index in [2.05, 4.69) is 47.0 Å². The topological polar surface area (TPSA) is 384 Å². The summed E-state index contributed by atoms with van der Waals surface area (Å²) in [6.07, 6.45) is 2.15. The summed E-state index contributed by atoms with van der Waals surface area (Å²) >= 11 is 3.95. The van der Waals surface area contributed by atoms with E-state index in [9.17, 15) is 57.9 Å². The van der Waals surface area contributed by atoms with Crippen molar-refractivity contribution < 1.29 is 85.6 Å². The van der Waals surface area contributed by atoms with Gasteiger partial charge >= 0.3 is 29.4 Å². The molecule has 2 aromatic heterocycles. The number of carbonyl (C=O) groups excluding carboxylic acids is 2. The second-order valence-corrected chi connectivity index (χ2v) is 17.9. The van der Waals surface area contributed by atoms with Crippen molar-refractivity contribution in [3.05, 3.63) is 37.0 Å². The summed E-state index contributed by atoms with van der Waals surface area (Å²) in [4.78, 5) is 84.8. The number of anilines is 1. The van der Waals surface area contributed by atoms with Gasteiger partial charge in [0.1, 0.15) is 36.3 Å². The summed E-state index contributed by atoms with van der Waals surface area (Å²) in [5, 5.41) is 34.5. The Morgan fingerprint density at radius 1 is 1.07 bits per heavy atom. The van der Waals surface area contributed by atoms with Crippen molar-refractivity contribution in [3.8, 4) is 0 Å². The zero-order valence-electron chi connectivity index (χ0n) is 30.9. The average molecular weight is 906 g/mol. The molecule has 1 fully saturated rings. The Morgan fingerprint density at radius 2 is 1.76 bits per heavy atom. The van der Waals surface area contributed by atoms with Crippen LogP contribution in [0.3, 0.4) is 0 Å². The monoisotopic (exact) mass is 905 g/mol. The smallest absolute Gasteiger partial charge is 0.481 e. The number of rotatable bonds is 20. The molecule has 1 aliphatic carbocycles. The number of fused-ring (bicyclic) bond motifs is 1. The summed E-state index contributed by atoms with van der Waals surface area (Å²) in [6.45, 7) is 0.723. The molecule has 2 amide bonds. The highest BCUT2D eigenvalue weighted by Gasteiger charge is 2.50. The number of aliphatic hydroxyl groups is 2. The maximum Gasteiger partial charge on any atom is 0.481 e. The van der Waals surface area contributed by atoms with E-state index in [1.165, 1.54) is 13.8 Å². The van der Waals surface area contributed by atoms with Crippen LogP contribution in [0.2, 0.25) is 0 Å². The predicted molar refractivity (Wildman–Crippen MR) is 202 cm³/mol. The molecule has 58 heavy (non-hydrogen) atoms. The lowest BCUT2D eigenvalue weighted by Gasteiger charge is -2.30. The third kappa shape index (κ3) is 15.5. The summed E-state index contributed by atoms with van der Waals surface area (Å²) in [7, 11) is -16.3. The van der Waals surface area contributed by atoms with Crippen LogP contribution in [0.15, 0.2) is 37.0 Å². The Bertz CT molecular complexity index is 1950. The number of carbonyl (C=O) groups is 3. The first-order valence-electron chi connectivity index (χ1n) is 17.0. The SMILES string of the molecule is CC(C)(COP(=O)(O)OP(=O)(O)OC[C@H]1O[C@@H](n2cnc3c(N)ncnc32)[C@H](O)[C@@H]1OP(=O)(O)O)[C@@H](O)C(=O)NCCC(=O)NCCS.O=C(O)CC1C=CC=CC1. The molecule has 326 valence electrons. The average Bonchev–Trinajstić information content (AvgIpc) is 3.69. The molecule has 11 N–H and O–H groups in total. The number of aliphatic carboxylic acids is 1. The Hall–Kier alpha value is -3.16. The number of carboxylic acid groups (broad SMARTS) is 1. The first kappa shape index (κ1) is 49.2. The normalized spacial score (nSPS) is 23.3. The molecule has 3 heterocycles. The van der Waals surface area contributed by atoms with E-state index in [0.29, 0.717) is 12.3 Å². The number of nitrogens with zero attached hydrogens (tertiary/aromatic N) is 4. The van der Waals surface area contributed by atoms with Crippen LogP contribution in [0.4, 0.5) is 5.82 Å². The van der Waals surface area contributed by atoms with E-state index in [0.717, 1.165) is 23.6 Å². The highest BCUT2D eigenvalue weighted by atomic mass is 32.1. The molecule has 2 aromatic rings.